The lowest BCUT2D eigenvalue weighted by Crippen LogP contribution is -2.56. The van der Waals surface area contributed by atoms with E-state index in [1.165, 1.54) is 18.4 Å². The molecule has 1 N–H and O–H groups in total. The van der Waals surface area contributed by atoms with E-state index in [0.717, 1.165) is 56.3 Å². The van der Waals surface area contributed by atoms with E-state index in [9.17, 15) is 4.79 Å². The second kappa shape index (κ2) is 6.88. The monoisotopic (exact) mass is 381 g/mol. The lowest BCUT2D eigenvalue weighted by Gasteiger charge is -2.41. The number of carbonyl (C=O) groups is 1. The van der Waals surface area contributed by atoms with E-state index in [2.05, 4.69) is 27.4 Å². The molecule has 3 heterocycles. The van der Waals surface area contributed by atoms with Gasteiger partial charge < -0.3 is 10.1 Å². The molecule has 1 saturated carbocycles. The predicted octanol–water partition coefficient (Wildman–Crippen LogP) is 1.87. The third-order valence-corrected chi connectivity index (χ3v) is 6.28. The molecule has 1 spiro atoms. The summed E-state index contributed by atoms with van der Waals surface area (Å²) in [5.74, 6) is 3.39. The molecule has 0 radical (unpaired) electrons. The smallest absolute Gasteiger partial charge is 0.242 e. The van der Waals surface area contributed by atoms with Gasteiger partial charge in [-0.25, -0.2) is 9.67 Å². The maximum Gasteiger partial charge on any atom is 0.242 e. The summed E-state index contributed by atoms with van der Waals surface area (Å²) in [5, 5.41) is 7.92. The first-order valence-corrected chi connectivity index (χ1v) is 10.2. The molecule has 0 atom stereocenters. The number of hydrogen-bond acceptors (Lipinski definition) is 5. The standard InChI is InChI=1S/C21H27N5O2/c1-28-17-6-2-15(3-7-17)13-25-10-8-21(9-11-25)12-18-22-20(16-4-5-16)24-26(18)14-19(27)23-21/h2-3,6-7,16H,4-5,8-14H2,1H3,(H,23,27). The van der Waals surface area contributed by atoms with E-state index in [4.69, 9.17) is 9.72 Å². The molecule has 148 valence electrons. The summed E-state index contributed by atoms with van der Waals surface area (Å²) in [4.78, 5) is 19.8. The van der Waals surface area contributed by atoms with Crippen molar-refractivity contribution in [3.8, 4) is 5.75 Å². The van der Waals surface area contributed by atoms with Gasteiger partial charge in [0.1, 0.15) is 18.1 Å². The average Bonchev–Trinajstić information content (AvgIpc) is 3.49. The molecule has 3 aliphatic rings. The van der Waals surface area contributed by atoms with Gasteiger partial charge in [-0.3, -0.25) is 9.69 Å². The fraction of sp³-hybridized carbons (Fsp3) is 0.571. The van der Waals surface area contributed by atoms with Crippen molar-refractivity contribution < 1.29 is 9.53 Å². The van der Waals surface area contributed by atoms with E-state index in [1.807, 2.05) is 16.8 Å². The lowest BCUT2D eigenvalue weighted by atomic mass is 9.84. The Balaban J connectivity index is 1.26. The number of nitrogens with one attached hydrogen (secondary N) is 1. The lowest BCUT2D eigenvalue weighted by molar-refractivity contribution is -0.123. The van der Waals surface area contributed by atoms with Crippen LogP contribution in [0, 0.1) is 0 Å². The largest absolute Gasteiger partial charge is 0.497 e. The Kier molecular flexibility index (Phi) is 4.34. The second-order valence-electron chi connectivity index (χ2n) is 8.45. The van der Waals surface area contributed by atoms with Crippen molar-refractivity contribution in [3.63, 3.8) is 0 Å². The molecule has 2 aromatic rings. The van der Waals surface area contributed by atoms with Gasteiger partial charge in [0.15, 0.2) is 5.82 Å². The highest BCUT2D eigenvalue weighted by atomic mass is 16.5. The van der Waals surface area contributed by atoms with Crippen LogP contribution in [0.3, 0.4) is 0 Å². The number of piperidine rings is 1. The third-order valence-electron chi connectivity index (χ3n) is 6.28. The molecule has 0 unspecified atom stereocenters. The van der Waals surface area contributed by atoms with Crippen molar-refractivity contribution in [3.05, 3.63) is 41.5 Å². The van der Waals surface area contributed by atoms with Gasteiger partial charge in [0.2, 0.25) is 5.91 Å². The van der Waals surface area contributed by atoms with Crippen LogP contribution in [0.2, 0.25) is 0 Å². The average molecular weight is 381 g/mol. The van der Waals surface area contributed by atoms with Gasteiger partial charge in [-0.2, -0.15) is 5.10 Å². The van der Waals surface area contributed by atoms with Gasteiger partial charge in [0.25, 0.3) is 0 Å². The molecule has 1 saturated heterocycles. The SMILES string of the molecule is COc1ccc(CN2CCC3(CC2)Cc2nc(C4CC4)nn2CC(=O)N3)cc1. The number of amides is 1. The molecule has 2 aliphatic heterocycles. The summed E-state index contributed by atoms with van der Waals surface area (Å²) in [6.07, 6.45) is 5.04. The Hall–Kier alpha value is -2.41. The number of aromatic nitrogens is 3. The maximum absolute atomic E-state index is 12.5. The molecule has 1 aromatic heterocycles. The van der Waals surface area contributed by atoms with E-state index in [0.29, 0.717) is 12.5 Å². The fourth-order valence-electron chi connectivity index (χ4n) is 4.41. The van der Waals surface area contributed by atoms with E-state index in [-0.39, 0.29) is 11.4 Å². The summed E-state index contributed by atoms with van der Waals surface area (Å²) in [6, 6.07) is 8.27. The van der Waals surface area contributed by atoms with Crippen molar-refractivity contribution in [2.75, 3.05) is 20.2 Å². The summed E-state index contributed by atoms with van der Waals surface area (Å²) < 4.78 is 7.07. The summed E-state index contributed by atoms with van der Waals surface area (Å²) in [7, 11) is 1.69. The minimum Gasteiger partial charge on any atom is -0.497 e. The van der Waals surface area contributed by atoms with Crippen molar-refractivity contribution >= 4 is 5.91 Å². The number of methoxy groups -OCH3 is 1. The third kappa shape index (κ3) is 3.51. The molecule has 7 nitrogen and oxygen atoms in total. The Morgan fingerprint density at radius 2 is 1.96 bits per heavy atom. The summed E-state index contributed by atoms with van der Waals surface area (Å²) in [6.45, 7) is 3.16. The topological polar surface area (TPSA) is 72.3 Å². The van der Waals surface area contributed by atoms with Crippen LogP contribution in [0.4, 0.5) is 0 Å². The molecular weight excluding hydrogens is 354 g/mol. The molecule has 28 heavy (non-hydrogen) atoms. The van der Waals surface area contributed by atoms with Gasteiger partial charge in [-0.15, -0.1) is 0 Å². The minimum absolute atomic E-state index is 0.0644. The number of carbonyl (C=O) groups excluding carboxylic acids is 1. The zero-order valence-corrected chi connectivity index (χ0v) is 16.4. The van der Waals surface area contributed by atoms with Crippen LogP contribution in [0.15, 0.2) is 24.3 Å². The van der Waals surface area contributed by atoms with Gasteiger partial charge >= 0.3 is 0 Å². The van der Waals surface area contributed by atoms with E-state index < -0.39 is 0 Å². The van der Waals surface area contributed by atoms with Crippen LogP contribution >= 0.6 is 0 Å². The number of benzene rings is 1. The highest BCUT2D eigenvalue weighted by molar-refractivity contribution is 5.77. The van der Waals surface area contributed by atoms with Crippen LogP contribution in [-0.2, 0) is 24.3 Å². The van der Waals surface area contributed by atoms with Crippen LogP contribution < -0.4 is 10.1 Å². The van der Waals surface area contributed by atoms with E-state index >= 15 is 0 Å². The highest BCUT2D eigenvalue weighted by Gasteiger charge is 2.40. The Morgan fingerprint density at radius 3 is 2.64 bits per heavy atom. The summed E-state index contributed by atoms with van der Waals surface area (Å²) >= 11 is 0. The van der Waals surface area contributed by atoms with Crippen molar-refractivity contribution in [1.82, 2.24) is 25.0 Å². The second-order valence-corrected chi connectivity index (χ2v) is 8.45. The van der Waals surface area contributed by atoms with Gasteiger partial charge in [0, 0.05) is 37.5 Å². The Morgan fingerprint density at radius 1 is 1.21 bits per heavy atom. The number of hydrogen-bond donors (Lipinski definition) is 1. The zero-order chi connectivity index (χ0) is 19.1. The molecule has 1 aromatic carbocycles. The Bertz CT molecular complexity index is 863. The van der Waals surface area contributed by atoms with Crippen molar-refractivity contribution in [2.45, 2.75) is 56.7 Å². The molecule has 1 aliphatic carbocycles. The minimum atomic E-state index is -0.185. The molecular formula is C21H27N5O2. The predicted molar refractivity (Wildman–Crippen MR) is 104 cm³/mol. The van der Waals surface area contributed by atoms with Crippen LogP contribution in [0.1, 0.15) is 48.8 Å². The maximum atomic E-state index is 12.5. The normalized spacial score (nSPS) is 21.8. The fourth-order valence-corrected chi connectivity index (χ4v) is 4.41. The molecule has 2 fully saturated rings. The van der Waals surface area contributed by atoms with Crippen LogP contribution in [-0.4, -0.2) is 51.3 Å². The number of nitrogens with zero attached hydrogens (tertiary/aromatic N) is 4. The first-order chi connectivity index (χ1) is 13.6. The number of rotatable bonds is 4. The molecule has 7 heteroatoms. The first-order valence-electron chi connectivity index (χ1n) is 10.2. The van der Waals surface area contributed by atoms with Crippen molar-refractivity contribution in [2.24, 2.45) is 0 Å². The summed E-state index contributed by atoms with van der Waals surface area (Å²) in [5.41, 5.74) is 1.10. The van der Waals surface area contributed by atoms with Crippen LogP contribution in [0.5, 0.6) is 5.75 Å². The Labute approximate surface area is 165 Å². The number of ether oxygens (including phenoxy) is 1. The molecule has 0 bridgehead atoms. The highest BCUT2D eigenvalue weighted by Crippen LogP contribution is 2.39. The van der Waals surface area contributed by atoms with Gasteiger partial charge in [-0.1, -0.05) is 12.1 Å². The first kappa shape index (κ1) is 17.7. The van der Waals surface area contributed by atoms with E-state index in [1.54, 1.807) is 7.11 Å². The quantitative estimate of drug-likeness (QED) is 0.875. The number of likely N-dealkylation sites (tertiary alicyclic amines) is 1. The van der Waals surface area contributed by atoms with Gasteiger partial charge in [-0.05, 0) is 43.4 Å². The molecule has 1 amide bonds. The molecule has 5 rings (SSSR count). The van der Waals surface area contributed by atoms with Crippen molar-refractivity contribution in [1.29, 1.82) is 0 Å². The van der Waals surface area contributed by atoms with Crippen LogP contribution in [0.25, 0.3) is 0 Å². The van der Waals surface area contributed by atoms with Gasteiger partial charge in [0.05, 0.1) is 7.11 Å². The number of fused-ring (bicyclic) bond motifs is 1. The zero-order valence-electron chi connectivity index (χ0n) is 16.4.